The molecule has 1 aliphatic carbocycles. The lowest BCUT2D eigenvalue weighted by atomic mass is 9.77. The highest BCUT2D eigenvalue weighted by Gasteiger charge is 2.35. The van der Waals surface area contributed by atoms with Crippen LogP contribution in [0.4, 0.5) is 5.82 Å². The van der Waals surface area contributed by atoms with Crippen molar-refractivity contribution in [2.45, 2.75) is 45.1 Å². The zero-order chi connectivity index (χ0) is 14.1. The van der Waals surface area contributed by atoms with E-state index >= 15 is 0 Å². The molecule has 1 saturated heterocycles. The van der Waals surface area contributed by atoms with Gasteiger partial charge in [0, 0.05) is 25.8 Å². The van der Waals surface area contributed by atoms with Crippen molar-refractivity contribution in [2.24, 2.45) is 5.92 Å². The van der Waals surface area contributed by atoms with Crippen molar-refractivity contribution >= 4 is 5.82 Å². The van der Waals surface area contributed by atoms with Crippen LogP contribution in [0.5, 0.6) is 0 Å². The van der Waals surface area contributed by atoms with Crippen LogP contribution in [-0.4, -0.2) is 43.1 Å². The van der Waals surface area contributed by atoms with E-state index in [-0.39, 0.29) is 0 Å². The molecule has 0 spiro atoms. The van der Waals surface area contributed by atoms with Crippen molar-refractivity contribution in [1.29, 1.82) is 0 Å². The molecule has 0 radical (unpaired) electrons. The summed E-state index contributed by atoms with van der Waals surface area (Å²) in [4.78, 5) is 9.72. The van der Waals surface area contributed by atoms with Crippen LogP contribution in [0.15, 0.2) is 12.1 Å². The van der Waals surface area contributed by atoms with Gasteiger partial charge < -0.3 is 4.90 Å². The van der Waals surface area contributed by atoms with Crippen molar-refractivity contribution in [3.63, 3.8) is 0 Å². The number of rotatable bonds is 3. The molecule has 110 valence electrons. The molecule has 3 heteroatoms. The van der Waals surface area contributed by atoms with E-state index in [0.29, 0.717) is 0 Å². The molecule has 3 nitrogen and oxygen atoms in total. The summed E-state index contributed by atoms with van der Waals surface area (Å²) >= 11 is 0. The van der Waals surface area contributed by atoms with Gasteiger partial charge in [-0.2, -0.15) is 0 Å². The first-order valence-corrected chi connectivity index (χ1v) is 8.09. The maximum Gasteiger partial charge on any atom is 0.128 e. The number of hydrogen-bond acceptors (Lipinski definition) is 3. The van der Waals surface area contributed by atoms with Crippen LogP contribution < -0.4 is 4.90 Å². The van der Waals surface area contributed by atoms with E-state index in [2.05, 4.69) is 43.0 Å². The molecular formula is C17H27N3. The molecule has 0 saturated carbocycles. The first-order valence-electron chi connectivity index (χ1n) is 8.09. The fourth-order valence-corrected chi connectivity index (χ4v) is 3.92. The second kappa shape index (κ2) is 5.72. The average molecular weight is 273 g/mol. The number of pyridine rings is 1. The molecular weight excluding hydrogens is 246 g/mol. The van der Waals surface area contributed by atoms with Gasteiger partial charge in [0.1, 0.15) is 5.82 Å². The second-order valence-corrected chi connectivity index (χ2v) is 6.58. The molecule has 3 rings (SSSR count). The van der Waals surface area contributed by atoms with E-state index in [1.165, 1.54) is 56.5 Å². The molecule has 0 aromatic carbocycles. The molecule has 0 amide bonds. The highest BCUT2D eigenvalue weighted by atomic mass is 15.2. The SMILES string of the molecule is CCCN1CCC[C@H]2Cc3nc(N(C)C)ccc3C[C@@H]21. The lowest BCUT2D eigenvalue weighted by molar-refractivity contribution is 0.0846. The van der Waals surface area contributed by atoms with Gasteiger partial charge in [-0.25, -0.2) is 4.98 Å². The van der Waals surface area contributed by atoms with Gasteiger partial charge in [-0.15, -0.1) is 0 Å². The van der Waals surface area contributed by atoms with Crippen molar-refractivity contribution in [1.82, 2.24) is 9.88 Å². The number of anilines is 1. The predicted molar refractivity (Wildman–Crippen MR) is 84.3 cm³/mol. The zero-order valence-corrected chi connectivity index (χ0v) is 13.1. The quantitative estimate of drug-likeness (QED) is 0.844. The Kier molecular flexibility index (Phi) is 3.97. The van der Waals surface area contributed by atoms with Crippen LogP contribution in [0.1, 0.15) is 37.4 Å². The molecule has 0 bridgehead atoms. The summed E-state index contributed by atoms with van der Waals surface area (Å²) in [5.74, 6) is 1.93. The number of fused-ring (bicyclic) bond motifs is 2. The van der Waals surface area contributed by atoms with E-state index in [4.69, 9.17) is 4.98 Å². The Hall–Kier alpha value is -1.09. The van der Waals surface area contributed by atoms with Gasteiger partial charge >= 0.3 is 0 Å². The summed E-state index contributed by atoms with van der Waals surface area (Å²) in [6.07, 6.45) is 6.42. The minimum atomic E-state index is 0.767. The lowest BCUT2D eigenvalue weighted by Crippen LogP contribution is -2.49. The molecule has 0 N–H and O–H groups in total. The molecule has 1 aromatic heterocycles. The van der Waals surface area contributed by atoms with E-state index in [9.17, 15) is 0 Å². The van der Waals surface area contributed by atoms with Crippen LogP contribution >= 0.6 is 0 Å². The smallest absolute Gasteiger partial charge is 0.128 e. The Balaban J connectivity index is 1.84. The fraction of sp³-hybridized carbons (Fsp3) is 0.706. The maximum absolute atomic E-state index is 4.88. The third-order valence-corrected chi connectivity index (χ3v) is 4.94. The largest absolute Gasteiger partial charge is 0.363 e. The Morgan fingerprint density at radius 1 is 1.30 bits per heavy atom. The van der Waals surface area contributed by atoms with E-state index in [0.717, 1.165) is 17.8 Å². The molecule has 2 heterocycles. The normalized spacial score (nSPS) is 25.9. The van der Waals surface area contributed by atoms with E-state index in [1.54, 1.807) is 0 Å². The number of hydrogen-bond donors (Lipinski definition) is 0. The Morgan fingerprint density at radius 3 is 2.90 bits per heavy atom. The summed E-state index contributed by atoms with van der Waals surface area (Å²) in [6.45, 7) is 4.86. The Morgan fingerprint density at radius 2 is 2.15 bits per heavy atom. The van der Waals surface area contributed by atoms with Gasteiger partial charge in [0.05, 0.1) is 0 Å². The van der Waals surface area contributed by atoms with Crippen molar-refractivity contribution in [2.75, 3.05) is 32.1 Å². The summed E-state index contributed by atoms with van der Waals surface area (Å²) in [5, 5.41) is 0. The summed E-state index contributed by atoms with van der Waals surface area (Å²) in [5.41, 5.74) is 2.84. The minimum Gasteiger partial charge on any atom is -0.363 e. The topological polar surface area (TPSA) is 19.4 Å². The maximum atomic E-state index is 4.88. The highest BCUT2D eigenvalue weighted by Crippen LogP contribution is 2.35. The second-order valence-electron chi connectivity index (χ2n) is 6.58. The summed E-state index contributed by atoms with van der Waals surface area (Å²) in [7, 11) is 4.15. The van der Waals surface area contributed by atoms with E-state index < -0.39 is 0 Å². The van der Waals surface area contributed by atoms with Crippen LogP contribution in [0.2, 0.25) is 0 Å². The van der Waals surface area contributed by atoms with Crippen molar-refractivity contribution in [3.05, 3.63) is 23.4 Å². The van der Waals surface area contributed by atoms with Gasteiger partial charge in [0.15, 0.2) is 0 Å². The Labute approximate surface area is 123 Å². The van der Waals surface area contributed by atoms with Gasteiger partial charge in [-0.1, -0.05) is 13.0 Å². The number of piperidine rings is 1. The number of aromatic nitrogens is 1. The molecule has 1 aliphatic heterocycles. The van der Waals surface area contributed by atoms with Crippen LogP contribution in [-0.2, 0) is 12.8 Å². The Bertz CT molecular complexity index is 467. The third kappa shape index (κ3) is 2.56. The summed E-state index contributed by atoms with van der Waals surface area (Å²) < 4.78 is 0. The minimum absolute atomic E-state index is 0.767. The molecule has 1 fully saturated rings. The van der Waals surface area contributed by atoms with Gasteiger partial charge in [-0.05, 0) is 62.7 Å². The average Bonchev–Trinajstić information content (AvgIpc) is 2.45. The standard InChI is InChI=1S/C17H27N3/c1-4-9-20-10-5-6-14-11-15-13(12-16(14)20)7-8-17(18-15)19(2)3/h7-8,14,16H,4-6,9-12H2,1-3H3/t14-,16-/m0/s1. The highest BCUT2D eigenvalue weighted by molar-refractivity contribution is 5.41. The molecule has 1 aromatic rings. The van der Waals surface area contributed by atoms with Gasteiger partial charge in [-0.3, -0.25) is 4.90 Å². The molecule has 2 atom stereocenters. The monoisotopic (exact) mass is 273 g/mol. The fourth-order valence-electron chi connectivity index (χ4n) is 3.92. The first kappa shape index (κ1) is 13.9. The predicted octanol–water partition coefficient (Wildman–Crippen LogP) is 2.74. The van der Waals surface area contributed by atoms with Crippen LogP contribution in [0.3, 0.4) is 0 Å². The number of nitrogens with zero attached hydrogens (tertiary/aromatic N) is 3. The molecule has 2 aliphatic rings. The third-order valence-electron chi connectivity index (χ3n) is 4.94. The number of likely N-dealkylation sites (tertiary alicyclic amines) is 1. The van der Waals surface area contributed by atoms with Crippen molar-refractivity contribution in [3.8, 4) is 0 Å². The first-order chi connectivity index (χ1) is 9.69. The molecule has 20 heavy (non-hydrogen) atoms. The van der Waals surface area contributed by atoms with Crippen molar-refractivity contribution < 1.29 is 0 Å². The van der Waals surface area contributed by atoms with Crippen LogP contribution in [0, 0.1) is 5.92 Å². The van der Waals surface area contributed by atoms with E-state index in [1.807, 2.05) is 0 Å². The van der Waals surface area contributed by atoms with Gasteiger partial charge in [0.25, 0.3) is 0 Å². The molecule has 0 unspecified atom stereocenters. The lowest BCUT2D eigenvalue weighted by Gasteiger charge is -2.44. The van der Waals surface area contributed by atoms with Crippen LogP contribution in [0.25, 0.3) is 0 Å². The zero-order valence-electron chi connectivity index (χ0n) is 13.1. The van der Waals surface area contributed by atoms with Gasteiger partial charge in [0.2, 0.25) is 0 Å². The summed E-state index contributed by atoms with van der Waals surface area (Å²) in [6, 6.07) is 5.25.